The first kappa shape index (κ1) is 14.8. The topological polar surface area (TPSA) is 46.3 Å². The molecule has 0 radical (unpaired) electrons. The van der Waals surface area contributed by atoms with Crippen molar-refractivity contribution in [3.63, 3.8) is 0 Å². The predicted molar refractivity (Wildman–Crippen MR) is 78.8 cm³/mol. The molecule has 19 heavy (non-hydrogen) atoms. The van der Waals surface area contributed by atoms with Crippen LogP contribution in [0.3, 0.4) is 0 Å². The van der Waals surface area contributed by atoms with E-state index in [1.165, 1.54) is 57.8 Å². The summed E-state index contributed by atoms with van der Waals surface area (Å²) in [5.41, 5.74) is 5.74. The molecule has 0 aromatic rings. The Bertz CT molecular complexity index is 266. The Labute approximate surface area is 117 Å². The second-order valence-corrected chi connectivity index (χ2v) is 6.30. The molecule has 2 N–H and O–H groups in total. The summed E-state index contributed by atoms with van der Waals surface area (Å²) in [6.45, 7) is 1.37. The molecule has 2 rings (SSSR count). The molecule has 0 bridgehead atoms. The minimum absolute atomic E-state index is 0.288. The zero-order valence-electron chi connectivity index (χ0n) is 12.3. The second-order valence-electron chi connectivity index (χ2n) is 6.30. The third-order valence-corrected chi connectivity index (χ3v) is 4.87. The van der Waals surface area contributed by atoms with Crippen LogP contribution in [0, 0.1) is 5.92 Å². The van der Waals surface area contributed by atoms with Crippen molar-refractivity contribution in [2.45, 2.75) is 76.7 Å². The van der Waals surface area contributed by atoms with Crippen LogP contribution in [0.4, 0.5) is 0 Å². The minimum Gasteiger partial charge on any atom is -0.338 e. The van der Waals surface area contributed by atoms with Crippen LogP contribution < -0.4 is 5.73 Å². The SMILES string of the molecule is NCCN(C(=O)C1CCCCCC1)C1CCCCC1. The summed E-state index contributed by atoms with van der Waals surface area (Å²) in [6.07, 6.45) is 13.6. The van der Waals surface area contributed by atoms with Crippen LogP contribution >= 0.6 is 0 Å². The fourth-order valence-corrected chi connectivity index (χ4v) is 3.77. The second kappa shape index (κ2) is 7.88. The van der Waals surface area contributed by atoms with Crippen LogP contribution in [0.25, 0.3) is 0 Å². The lowest BCUT2D eigenvalue weighted by atomic mass is 9.91. The molecule has 0 atom stereocenters. The van der Waals surface area contributed by atoms with Gasteiger partial charge in [0, 0.05) is 25.0 Å². The van der Waals surface area contributed by atoms with E-state index in [9.17, 15) is 4.79 Å². The van der Waals surface area contributed by atoms with Crippen molar-refractivity contribution in [2.75, 3.05) is 13.1 Å². The Morgan fingerprint density at radius 3 is 2.00 bits per heavy atom. The van der Waals surface area contributed by atoms with Gasteiger partial charge in [-0.2, -0.15) is 0 Å². The smallest absolute Gasteiger partial charge is 0.225 e. The lowest BCUT2D eigenvalue weighted by Gasteiger charge is -2.36. The average Bonchev–Trinajstić information content (AvgIpc) is 2.74. The van der Waals surface area contributed by atoms with E-state index in [0.717, 1.165) is 19.4 Å². The summed E-state index contributed by atoms with van der Waals surface area (Å²) in [4.78, 5) is 15.0. The molecule has 2 fully saturated rings. The molecule has 0 saturated heterocycles. The van der Waals surface area contributed by atoms with Crippen molar-refractivity contribution < 1.29 is 4.79 Å². The first-order valence-corrected chi connectivity index (χ1v) is 8.33. The first-order chi connectivity index (χ1) is 9.33. The van der Waals surface area contributed by atoms with Gasteiger partial charge in [-0.3, -0.25) is 4.79 Å². The van der Waals surface area contributed by atoms with Crippen LogP contribution in [0.5, 0.6) is 0 Å². The Kier molecular flexibility index (Phi) is 6.15. The number of carbonyl (C=O) groups is 1. The van der Waals surface area contributed by atoms with Crippen molar-refractivity contribution in [3.05, 3.63) is 0 Å². The van der Waals surface area contributed by atoms with E-state index in [4.69, 9.17) is 5.73 Å². The van der Waals surface area contributed by atoms with Gasteiger partial charge in [-0.25, -0.2) is 0 Å². The summed E-state index contributed by atoms with van der Waals surface area (Å²) in [7, 11) is 0. The molecule has 0 aliphatic heterocycles. The average molecular weight is 266 g/mol. The van der Waals surface area contributed by atoms with E-state index in [0.29, 0.717) is 18.5 Å². The van der Waals surface area contributed by atoms with E-state index >= 15 is 0 Å². The highest BCUT2D eigenvalue weighted by atomic mass is 16.2. The fourth-order valence-electron chi connectivity index (χ4n) is 3.77. The normalized spacial score (nSPS) is 23.0. The van der Waals surface area contributed by atoms with Gasteiger partial charge >= 0.3 is 0 Å². The molecule has 1 amide bonds. The Balaban J connectivity index is 1.97. The molecular weight excluding hydrogens is 236 g/mol. The van der Waals surface area contributed by atoms with Gasteiger partial charge in [0.1, 0.15) is 0 Å². The number of nitrogens with two attached hydrogens (primary N) is 1. The molecule has 0 aromatic carbocycles. The van der Waals surface area contributed by atoms with E-state index in [1.807, 2.05) is 0 Å². The third-order valence-electron chi connectivity index (χ3n) is 4.87. The van der Waals surface area contributed by atoms with Crippen molar-refractivity contribution >= 4 is 5.91 Å². The largest absolute Gasteiger partial charge is 0.338 e. The van der Waals surface area contributed by atoms with Gasteiger partial charge in [-0.05, 0) is 25.7 Å². The van der Waals surface area contributed by atoms with Gasteiger partial charge in [0.15, 0.2) is 0 Å². The Morgan fingerprint density at radius 1 is 0.895 bits per heavy atom. The molecule has 110 valence electrons. The minimum atomic E-state index is 0.288. The maximum Gasteiger partial charge on any atom is 0.225 e. The van der Waals surface area contributed by atoms with Gasteiger partial charge in [-0.1, -0.05) is 44.9 Å². The van der Waals surface area contributed by atoms with Crippen LogP contribution in [-0.4, -0.2) is 29.9 Å². The zero-order valence-corrected chi connectivity index (χ0v) is 12.3. The highest BCUT2D eigenvalue weighted by molar-refractivity contribution is 5.79. The number of amides is 1. The first-order valence-electron chi connectivity index (χ1n) is 8.33. The Morgan fingerprint density at radius 2 is 1.42 bits per heavy atom. The van der Waals surface area contributed by atoms with Crippen LogP contribution in [-0.2, 0) is 4.79 Å². The van der Waals surface area contributed by atoms with Crippen molar-refractivity contribution in [1.29, 1.82) is 0 Å². The highest BCUT2D eigenvalue weighted by Crippen LogP contribution is 2.28. The molecule has 0 aromatic heterocycles. The van der Waals surface area contributed by atoms with Gasteiger partial charge in [0.2, 0.25) is 5.91 Å². The number of nitrogens with zero attached hydrogens (tertiary/aromatic N) is 1. The number of carbonyl (C=O) groups excluding carboxylic acids is 1. The van der Waals surface area contributed by atoms with Gasteiger partial charge in [-0.15, -0.1) is 0 Å². The number of hydrogen-bond acceptors (Lipinski definition) is 2. The van der Waals surface area contributed by atoms with Crippen LogP contribution in [0.1, 0.15) is 70.6 Å². The quantitative estimate of drug-likeness (QED) is 0.795. The van der Waals surface area contributed by atoms with Gasteiger partial charge in [0.05, 0.1) is 0 Å². The van der Waals surface area contributed by atoms with Gasteiger partial charge in [0.25, 0.3) is 0 Å². The van der Waals surface area contributed by atoms with Crippen molar-refractivity contribution in [1.82, 2.24) is 4.90 Å². The van der Waals surface area contributed by atoms with E-state index in [2.05, 4.69) is 4.90 Å². The van der Waals surface area contributed by atoms with Crippen molar-refractivity contribution in [3.8, 4) is 0 Å². The summed E-state index contributed by atoms with van der Waals surface area (Å²) < 4.78 is 0. The fraction of sp³-hybridized carbons (Fsp3) is 0.938. The molecule has 2 saturated carbocycles. The molecule has 0 unspecified atom stereocenters. The summed E-state index contributed by atoms with van der Waals surface area (Å²) in [5, 5.41) is 0. The molecule has 3 heteroatoms. The maximum absolute atomic E-state index is 12.8. The highest BCUT2D eigenvalue weighted by Gasteiger charge is 2.30. The third kappa shape index (κ3) is 4.20. The monoisotopic (exact) mass is 266 g/mol. The standard InChI is InChI=1S/C16H30N2O/c17-12-13-18(15-10-6-3-7-11-15)16(19)14-8-4-1-2-5-9-14/h14-15H,1-13,17H2. The summed E-state index contributed by atoms with van der Waals surface area (Å²) >= 11 is 0. The van der Waals surface area contributed by atoms with E-state index in [-0.39, 0.29) is 5.92 Å². The zero-order chi connectivity index (χ0) is 13.5. The molecular formula is C16H30N2O. The van der Waals surface area contributed by atoms with Crippen LogP contribution in [0.15, 0.2) is 0 Å². The lowest BCUT2D eigenvalue weighted by molar-refractivity contribution is -0.139. The predicted octanol–water partition coefficient (Wildman–Crippen LogP) is 3.08. The number of hydrogen-bond donors (Lipinski definition) is 1. The molecule has 2 aliphatic rings. The molecule has 0 heterocycles. The maximum atomic E-state index is 12.8. The summed E-state index contributed by atoms with van der Waals surface area (Å²) in [6, 6.07) is 0.480. The van der Waals surface area contributed by atoms with E-state index in [1.54, 1.807) is 0 Å². The Hall–Kier alpha value is -0.570. The van der Waals surface area contributed by atoms with E-state index < -0.39 is 0 Å². The van der Waals surface area contributed by atoms with Crippen LogP contribution in [0.2, 0.25) is 0 Å². The summed E-state index contributed by atoms with van der Waals surface area (Å²) in [5.74, 6) is 0.704. The van der Waals surface area contributed by atoms with Gasteiger partial charge < -0.3 is 10.6 Å². The number of rotatable bonds is 4. The molecule has 3 nitrogen and oxygen atoms in total. The van der Waals surface area contributed by atoms with Crippen molar-refractivity contribution in [2.24, 2.45) is 11.7 Å². The lowest BCUT2D eigenvalue weighted by Crippen LogP contribution is -2.46. The molecule has 0 spiro atoms. The molecule has 2 aliphatic carbocycles.